The Morgan fingerprint density at radius 2 is 2.08 bits per heavy atom. The van der Waals surface area contributed by atoms with E-state index >= 15 is 0 Å². The van der Waals surface area contributed by atoms with Crippen molar-refractivity contribution in [1.82, 2.24) is 20.3 Å². The molecule has 2 heterocycles. The Kier molecular flexibility index (Phi) is 5.08. The number of hydrogen-bond acceptors (Lipinski definition) is 8. The lowest BCUT2D eigenvalue weighted by Gasteiger charge is -2.11. The summed E-state index contributed by atoms with van der Waals surface area (Å²) in [6.07, 6.45) is 2.92. The van der Waals surface area contributed by atoms with Crippen molar-refractivity contribution in [2.75, 3.05) is 13.2 Å². The Labute approximate surface area is 152 Å². The topological polar surface area (TPSA) is 114 Å². The number of thiazole rings is 1. The van der Waals surface area contributed by atoms with Gasteiger partial charge in [0.15, 0.2) is 0 Å². The molecule has 0 saturated heterocycles. The lowest BCUT2D eigenvalue weighted by molar-refractivity contribution is -0.141. The molecule has 0 bridgehead atoms. The van der Waals surface area contributed by atoms with Crippen LogP contribution in [0.1, 0.15) is 23.0 Å². The summed E-state index contributed by atoms with van der Waals surface area (Å²) in [5, 5.41) is 15.6. The molecule has 0 aliphatic carbocycles. The second kappa shape index (κ2) is 7.44. The van der Waals surface area contributed by atoms with Crippen LogP contribution >= 0.6 is 11.3 Å². The highest BCUT2D eigenvalue weighted by molar-refractivity contribution is 7.13. The molecule has 1 amide bonds. The van der Waals surface area contributed by atoms with E-state index in [-0.39, 0.29) is 30.0 Å². The van der Waals surface area contributed by atoms with Gasteiger partial charge in [0.25, 0.3) is 5.91 Å². The first-order valence-corrected chi connectivity index (χ1v) is 8.72. The fourth-order valence-electron chi connectivity index (χ4n) is 2.41. The van der Waals surface area contributed by atoms with Crippen molar-refractivity contribution in [2.24, 2.45) is 0 Å². The Bertz CT molecular complexity index is 986. The zero-order valence-electron chi connectivity index (χ0n) is 14.1. The van der Waals surface area contributed by atoms with Gasteiger partial charge in [0.05, 0.1) is 17.7 Å². The summed E-state index contributed by atoms with van der Waals surface area (Å²) in [7, 11) is 0. The van der Waals surface area contributed by atoms with E-state index in [1.54, 1.807) is 13.0 Å². The minimum absolute atomic E-state index is 0.0530. The van der Waals surface area contributed by atoms with E-state index in [1.807, 2.05) is 12.3 Å². The highest BCUT2D eigenvalue weighted by Gasteiger charge is 2.23. The van der Waals surface area contributed by atoms with Gasteiger partial charge < -0.3 is 15.2 Å². The molecular formula is C17H16N4O4S. The molecule has 134 valence electrons. The van der Waals surface area contributed by atoms with Crippen LogP contribution in [0.3, 0.4) is 0 Å². The summed E-state index contributed by atoms with van der Waals surface area (Å²) >= 11 is 1.35. The number of ether oxygens (including phenoxy) is 1. The second-order valence-electron chi connectivity index (χ2n) is 5.35. The smallest absolute Gasteiger partial charge is 0.325 e. The number of esters is 1. The van der Waals surface area contributed by atoms with E-state index in [1.165, 1.54) is 23.7 Å². The summed E-state index contributed by atoms with van der Waals surface area (Å²) < 4.78 is 4.79. The Morgan fingerprint density at radius 1 is 1.31 bits per heavy atom. The van der Waals surface area contributed by atoms with E-state index < -0.39 is 11.9 Å². The van der Waals surface area contributed by atoms with Crippen LogP contribution in [-0.4, -0.2) is 45.1 Å². The Morgan fingerprint density at radius 3 is 2.77 bits per heavy atom. The molecule has 0 spiro atoms. The SMILES string of the molecule is CCOC(=O)CNC(=O)c1c(O)c(-c2nc(C)cs2)cc2nccnc12. The minimum atomic E-state index is -0.642. The van der Waals surface area contributed by atoms with Gasteiger partial charge in [-0.3, -0.25) is 19.6 Å². The van der Waals surface area contributed by atoms with Crippen molar-refractivity contribution >= 4 is 34.2 Å². The number of nitrogens with zero attached hydrogens (tertiary/aromatic N) is 3. The third kappa shape index (κ3) is 3.47. The molecule has 0 unspecified atom stereocenters. The number of aromatic hydroxyl groups is 1. The quantitative estimate of drug-likeness (QED) is 0.659. The van der Waals surface area contributed by atoms with Gasteiger partial charge in [-0.05, 0) is 19.9 Å². The molecule has 0 aliphatic rings. The van der Waals surface area contributed by atoms with Gasteiger partial charge >= 0.3 is 5.97 Å². The number of phenols is 1. The normalized spacial score (nSPS) is 10.7. The zero-order chi connectivity index (χ0) is 18.7. The second-order valence-corrected chi connectivity index (χ2v) is 6.21. The van der Waals surface area contributed by atoms with Crippen LogP contribution < -0.4 is 5.32 Å². The lowest BCUT2D eigenvalue weighted by Crippen LogP contribution is -2.31. The van der Waals surface area contributed by atoms with Gasteiger partial charge in [-0.2, -0.15) is 0 Å². The van der Waals surface area contributed by atoms with Gasteiger partial charge in [0.1, 0.15) is 28.4 Å². The van der Waals surface area contributed by atoms with Crippen LogP contribution in [0.4, 0.5) is 0 Å². The fourth-order valence-corrected chi connectivity index (χ4v) is 3.22. The fraction of sp³-hybridized carbons (Fsp3) is 0.235. The molecule has 26 heavy (non-hydrogen) atoms. The van der Waals surface area contributed by atoms with Crippen molar-refractivity contribution in [3.63, 3.8) is 0 Å². The summed E-state index contributed by atoms with van der Waals surface area (Å²) in [5.74, 6) is -1.47. The van der Waals surface area contributed by atoms with E-state index in [2.05, 4.69) is 20.3 Å². The molecule has 0 atom stereocenters. The standard InChI is InChI=1S/C17H16N4O4S/c1-3-25-12(22)7-20-16(24)13-14-11(18-4-5-19-14)6-10(15(13)23)17-21-9(2)8-26-17/h4-6,8,23H,3,7H2,1-2H3,(H,20,24). The number of fused-ring (bicyclic) bond motifs is 1. The van der Waals surface area contributed by atoms with Crippen molar-refractivity contribution in [2.45, 2.75) is 13.8 Å². The molecule has 8 nitrogen and oxygen atoms in total. The first kappa shape index (κ1) is 17.7. The Hall–Kier alpha value is -3.07. The molecule has 9 heteroatoms. The molecule has 3 aromatic rings. The van der Waals surface area contributed by atoms with Crippen LogP contribution in [0.15, 0.2) is 23.8 Å². The minimum Gasteiger partial charge on any atom is -0.506 e. The highest BCUT2D eigenvalue weighted by atomic mass is 32.1. The van der Waals surface area contributed by atoms with Crippen LogP contribution in [0.5, 0.6) is 5.75 Å². The largest absolute Gasteiger partial charge is 0.506 e. The van der Waals surface area contributed by atoms with E-state index in [0.717, 1.165) is 5.69 Å². The molecule has 0 saturated carbocycles. The number of rotatable bonds is 5. The molecular weight excluding hydrogens is 356 g/mol. The third-order valence-corrected chi connectivity index (χ3v) is 4.50. The third-order valence-electron chi connectivity index (χ3n) is 3.51. The predicted octanol–water partition coefficient (Wildman–Crippen LogP) is 2.06. The molecule has 0 fully saturated rings. The number of nitrogens with one attached hydrogen (secondary N) is 1. The molecule has 0 radical (unpaired) electrons. The zero-order valence-corrected chi connectivity index (χ0v) is 15.0. The van der Waals surface area contributed by atoms with Crippen molar-refractivity contribution in [3.8, 4) is 16.3 Å². The molecule has 3 rings (SSSR count). The van der Waals surface area contributed by atoms with Crippen LogP contribution in [0.2, 0.25) is 0 Å². The average molecular weight is 372 g/mol. The lowest BCUT2D eigenvalue weighted by atomic mass is 10.1. The van der Waals surface area contributed by atoms with Crippen molar-refractivity contribution < 1.29 is 19.4 Å². The first-order valence-electron chi connectivity index (χ1n) is 7.84. The van der Waals surface area contributed by atoms with Crippen LogP contribution in [-0.2, 0) is 9.53 Å². The summed E-state index contributed by atoms with van der Waals surface area (Å²) in [6, 6.07) is 1.64. The van der Waals surface area contributed by atoms with Crippen LogP contribution in [0, 0.1) is 6.92 Å². The molecule has 1 aromatic carbocycles. The van der Waals surface area contributed by atoms with Crippen molar-refractivity contribution in [3.05, 3.63) is 35.1 Å². The van der Waals surface area contributed by atoms with Gasteiger partial charge in [-0.15, -0.1) is 11.3 Å². The maximum absolute atomic E-state index is 12.6. The molecule has 0 aliphatic heterocycles. The molecule has 2 aromatic heterocycles. The maximum atomic E-state index is 12.6. The average Bonchev–Trinajstić information content (AvgIpc) is 3.05. The monoisotopic (exact) mass is 372 g/mol. The maximum Gasteiger partial charge on any atom is 0.325 e. The number of carbonyl (C=O) groups excluding carboxylic acids is 2. The van der Waals surface area contributed by atoms with E-state index in [9.17, 15) is 14.7 Å². The molecule has 2 N–H and O–H groups in total. The number of amides is 1. The first-order chi connectivity index (χ1) is 12.5. The summed E-state index contributed by atoms with van der Waals surface area (Å²) in [6.45, 7) is 3.42. The number of benzene rings is 1. The number of aryl methyl sites for hydroxylation is 1. The van der Waals surface area contributed by atoms with Gasteiger partial charge in [-0.1, -0.05) is 0 Å². The number of carbonyl (C=O) groups is 2. The summed E-state index contributed by atoms with van der Waals surface area (Å²) in [5.41, 5.74) is 1.81. The van der Waals surface area contributed by atoms with E-state index in [0.29, 0.717) is 16.1 Å². The Balaban J connectivity index is 2.06. The highest BCUT2D eigenvalue weighted by Crippen LogP contribution is 2.37. The van der Waals surface area contributed by atoms with Gasteiger partial charge in [0.2, 0.25) is 0 Å². The van der Waals surface area contributed by atoms with Gasteiger partial charge in [0, 0.05) is 23.5 Å². The van der Waals surface area contributed by atoms with E-state index in [4.69, 9.17) is 4.74 Å². The number of aromatic nitrogens is 3. The van der Waals surface area contributed by atoms with Crippen molar-refractivity contribution in [1.29, 1.82) is 0 Å². The van der Waals surface area contributed by atoms with Crippen LogP contribution in [0.25, 0.3) is 21.6 Å². The summed E-state index contributed by atoms with van der Waals surface area (Å²) in [4.78, 5) is 36.8. The number of phenolic OH excluding ortho intramolecular Hbond substituents is 1. The van der Waals surface area contributed by atoms with Gasteiger partial charge in [-0.25, -0.2) is 4.98 Å². The number of hydrogen-bond donors (Lipinski definition) is 2. The predicted molar refractivity (Wildman–Crippen MR) is 96.0 cm³/mol.